The molecule has 2 aromatic rings. The number of carbonyl (C=O) groups is 2. The first-order valence-corrected chi connectivity index (χ1v) is 12.5. The Morgan fingerprint density at radius 1 is 1.03 bits per heavy atom. The summed E-state index contributed by atoms with van der Waals surface area (Å²) in [6.45, 7) is 0.692. The second kappa shape index (κ2) is 13.3. The Morgan fingerprint density at radius 3 is 2.58 bits per heavy atom. The minimum Gasteiger partial charge on any atom is -0.343 e. The van der Waals surface area contributed by atoms with Crippen molar-refractivity contribution in [1.82, 2.24) is 10.3 Å². The second-order valence-electron chi connectivity index (χ2n) is 9.30. The summed E-state index contributed by atoms with van der Waals surface area (Å²) in [4.78, 5) is 30.4. The smallest absolute Gasteiger partial charge is 0.247 e. The monoisotopic (exact) mass is 453 g/mol. The van der Waals surface area contributed by atoms with Gasteiger partial charge in [0.2, 0.25) is 11.8 Å². The minimum atomic E-state index is -0.605. The Bertz CT molecular complexity index is 897. The van der Waals surface area contributed by atoms with Crippen LogP contribution in [0.3, 0.4) is 0 Å². The SMILES string of the molecule is NCCCCCC[C@H](N)C(=O)N[C@@H](CC1CCCCC1)C(=O)Nc1cnc2ccccc2c1. The molecule has 0 saturated heterocycles. The van der Waals surface area contributed by atoms with Crippen LogP contribution in [0.1, 0.15) is 70.6 Å². The number of nitrogens with two attached hydrogens (primary N) is 2. The van der Waals surface area contributed by atoms with E-state index in [0.717, 1.165) is 49.4 Å². The van der Waals surface area contributed by atoms with E-state index in [9.17, 15) is 9.59 Å². The number of fused-ring (bicyclic) bond motifs is 1. The van der Waals surface area contributed by atoms with Gasteiger partial charge >= 0.3 is 0 Å². The number of rotatable bonds is 12. The summed E-state index contributed by atoms with van der Waals surface area (Å²) >= 11 is 0. The molecule has 1 saturated carbocycles. The maximum atomic E-state index is 13.2. The van der Waals surface area contributed by atoms with Crippen LogP contribution in [0, 0.1) is 5.92 Å². The van der Waals surface area contributed by atoms with Crippen molar-refractivity contribution in [1.29, 1.82) is 0 Å². The second-order valence-corrected chi connectivity index (χ2v) is 9.30. The Balaban J connectivity index is 1.61. The van der Waals surface area contributed by atoms with Crippen LogP contribution in [0.5, 0.6) is 0 Å². The Kier molecular flexibility index (Phi) is 10.1. The molecule has 180 valence electrons. The van der Waals surface area contributed by atoms with E-state index in [2.05, 4.69) is 15.6 Å². The molecule has 0 unspecified atom stereocenters. The molecule has 2 atom stereocenters. The number of nitrogens with zero attached hydrogens (tertiary/aromatic N) is 1. The zero-order chi connectivity index (χ0) is 23.5. The van der Waals surface area contributed by atoms with Crippen molar-refractivity contribution in [2.75, 3.05) is 11.9 Å². The molecule has 0 radical (unpaired) electrons. The highest BCUT2D eigenvalue weighted by Crippen LogP contribution is 2.28. The molecular formula is C26H39N5O2. The van der Waals surface area contributed by atoms with Crippen LogP contribution in [0.2, 0.25) is 0 Å². The lowest BCUT2D eigenvalue weighted by atomic mass is 9.84. The maximum Gasteiger partial charge on any atom is 0.247 e. The maximum absolute atomic E-state index is 13.2. The number of hydrogen-bond acceptors (Lipinski definition) is 5. The fraction of sp³-hybridized carbons (Fsp3) is 0.577. The number of carbonyl (C=O) groups excluding carboxylic acids is 2. The van der Waals surface area contributed by atoms with Crippen molar-refractivity contribution in [3.05, 3.63) is 36.5 Å². The van der Waals surface area contributed by atoms with Gasteiger partial charge in [-0.3, -0.25) is 14.6 Å². The summed E-state index contributed by atoms with van der Waals surface area (Å²) < 4.78 is 0. The third-order valence-corrected chi connectivity index (χ3v) is 6.59. The van der Waals surface area contributed by atoms with Gasteiger partial charge in [-0.05, 0) is 43.9 Å². The van der Waals surface area contributed by atoms with Gasteiger partial charge < -0.3 is 22.1 Å². The van der Waals surface area contributed by atoms with E-state index in [4.69, 9.17) is 11.5 Å². The summed E-state index contributed by atoms with van der Waals surface area (Å²) in [6.07, 6.45) is 12.7. The molecular weight excluding hydrogens is 414 g/mol. The molecule has 3 rings (SSSR count). The van der Waals surface area contributed by atoms with Crippen molar-refractivity contribution in [2.45, 2.75) is 82.7 Å². The summed E-state index contributed by atoms with van der Waals surface area (Å²) in [6, 6.07) is 8.48. The topological polar surface area (TPSA) is 123 Å². The number of unbranched alkanes of at least 4 members (excludes halogenated alkanes) is 3. The Hall–Kier alpha value is -2.51. The van der Waals surface area contributed by atoms with Crippen LogP contribution >= 0.6 is 0 Å². The van der Waals surface area contributed by atoms with E-state index in [1.165, 1.54) is 19.3 Å². The molecule has 2 amide bonds. The van der Waals surface area contributed by atoms with E-state index >= 15 is 0 Å². The first-order chi connectivity index (χ1) is 16.1. The van der Waals surface area contributed by atoms with Gasteiger partial charge in [0, 0.05) is 5.39 Å². The lowest BCUT2D eigenvalue weighted by Crippen LogP contribution is -2.50. The van der Waals surface area contributed by atoms with Crippen LogP contribution in [-0.2, 0) is 9.59 Å². The highest BCUT2D eigenvalue weighted by Gasteiger charge is 2.27. The molecule has 33 heavy (non-hydrogen) atoms. The van der Waals surface area contributed by atoms with Gasteiger partial charge in [0.15, 0.2) is 0 Å². The van der Waals surface area contributed by atoms with Gasteiger partial charge in [0.1, 0.15) is 6.04 Å². The number of amides is 2. The number of hydrogen-bond donors (Lipinski definition) is 4. The average molecular weight is 454 g/mol. The van der Waals surface area contributed by atoms with Crippen molar-refractivity contribution in [3.8, 4) is 0 Å². The Morgan fingerprint density at radius 2 is 1.79 bits per heavy atom. The van der Waals surface area contributed by atoms with E-state index in [1.807, 2.05) is 30.3 Å². The first-order valence-electron chi connectivity index (χ1n) is 12.5. The van der Waals surface area contributed by atoms with E-state index in [0.29, 0.717) is 31.0 Å². The van der Waals surface area contributed by atoms with E-state index in [1.54, 1.807) is 6.20 Å². The first kappa shape index (κ1) is 25.1. The molecule has 6 N–H and O–H groups in total. The molecule has 1 aromatic heterocycles. The van der Waals surface area contributed by atoms with E-state index in [-0.39, 0.29) is 11.8 Å². The molecule has 1 aliphatic rings. The van der Waals surface area contributed by atoms with Gasteiger partial charge in [-0.2, -0.15) is 0 Å². The molecule has 0 aliphatic heterocycles. The molecule has 1 aliphatic carbocycles. The van der Waals surface area contributed by atoms with Crippen LogP contribution < -0.4 is 22.1 Å². The van der Waals surface area contributed by atoms with Gasteiger partial charge in [-0.25, -0.2) is 0 Å². The third kappa shape index (κ3) is 8.09. The van der Waals surface area contributed by atoms with Gasteiger partial charge in [0.05, 0.1) is 23.4 Å². The summed E-state index contributed by atoms with van der Waals surface area (Å²) in [7, 11) is 0. The van der Waals surface area contributed by atoms with Crippen LogP contribution in [-0.4, -0.2) is 35.4 Å². The lowest BCUT2D eigenvalue weighted by Gasteiger charge is -2.27. The zero-order valence-corrected chi connectivity index (χ0v) is 19.6. The minimum absolute atomic E-state index is 0.207. The average Bonchev–Trinajstić information content (AvgIpc) is 2.83. The number of benzene rings is 1. The number of pyridine rings is 1. The van der Waals surface area contributed by atoms with E-state index < -0.39 is 12.1 Å². The number of aromatic nitrogens is 1. The van der Waals surface area contributed by atoms with Crippen LogP contribution in [0.15, 0.2) is 36.5 Å². The van der Waals surface area contributed by atoms with Gasteiger partial charge in [0.25, 0.3) is 0 Å². The molecule has 1 fully saturated rings. The summed E-state index contributed by atoms with van der Waals surface area (Å²) in [5.41, 5.74) is 13.2. The Labute approximate surface area is 197 Å². The molecule has 0 bridgehead atoms. The predicted molar refractivity (Wildman–Crippen MR) is 134 cm³/mol. The molecule has 1 heterocycles. The lowest BCUT2D eigenvalue weighted by molar-refractivity contribution is -0.127. The van der Waals surface area contributed by atoms with Crippen molar-refractivity contribution >= 4 is 28.4 Å². The molecule has 1 aromatic carbocycles. The third-order valence-electron chi connectivity index (χ3n) is 6.59. The molecule has 0 spiro atoms. The highest BCUT2D eigenvalue weighted by molar-refractivity contribution is 5.98. The van der Waals surface area contributed by atoms with Crippen LogP contribution in [0.4, 0.5) is 5.69 Å². The normalized spacial score (nSPS) is 16.3. The quantitative estimate of drug-likeness (QED) is 0.363. The van der Waals surface area contributed by atoms with Crippen LogP contribution in [0.25, 0.3) is 10.9 Å². The highest BCUT2D eigenvalue weighted by atomic mass is 16.2. The van der Waals surface area contributed by atoms with Crippen molar-refractivity contribution in [3.63, 3.8) is 0 Å². The van der Waals surface area contributed by atoms with Crippen molar-refractivity contribution < 1.29 is 9.59 Å². The molecule has 7 heteroatoms. The number of nitrogens with one attached hydrogen (secondary N) is 2. The largest absolute Gasteiger partial charge is 0.343 e. The number of para-hydroxylation sites is 1. The van der Waals surface area contributed by atoms with Gasteiger partial charge in [-0.15, -0.1) is 0 Å². The van der Waals surface area contributed by atoms with Gasteiger partial charge in [-0.1, -0.05) is 69.6 Å². The number of anilines is 1. The zero-order valence-electron chi connectivity index (χ0n) is 19.6. The summed E-state index contributed by atoms with van der Waals surface area (Å²) in [5.74, 6) is -0.0143. The summed E-state index contributed by atoms with van der Waals surface area (Å²) in [5, 5.41) is 6.88. The van der Waals surface area contributed by atoms with Crippen molar-refractivity contribution in [2.24, 2.45) is 17.4 Å². The standard InChI is InChI=1S/C26H39N5O2/c27-15-9-2-1-6-13-22(28)25(32)31-24(16-19-10-4-3-5-11-19)26(33)30-21-17-20-12-7-8-14-23(20)29-18-21/h7-8,12,14,17-19,22,24H,1-6,9-11,13,15-16,27-28H2,(H,30,33)(H,31,32)/t22-,24-/m0/s1. The molecule has 7 nitrogen and oxygen atoms in total. The fourth-order valence-electron chi connectivity index (χ4n) is 4.63. The fourth-order valence-corrected chi connectivity index (χ4v) is 4.63. The predicted octanol–water partition coefficient (Wildman–Crippen LogP) is 3.87.